The summed E-state index contributed by atoms with van der Waals surface area (Å²) in [5.41, 5.74) is 0. The molecule has 0 aliphatic carbocycles. The molecule has 1 rings (SSSR count). The maximum Gasteiger partial charge on any atom is 0.351 e. The standard InChI is InChI=1S/C12H16N2O4S/c1-2-3-9-18-12(15)10-13-14-19(16,17)11-7-5-4-6-8-11/h4-8,10,14H,2-3,9H2,1H3/b13-10+. The number of benzene rings is 1. The average Bonchev–Trinajstić information content (AvgIpc) is 2.40. The monoisotopic (exact) mass is 284 g/mol. The third-order valence-corrected chi connectivity index (χ3v) is 3.38. The number of carbonyl (C=O) groups excluding carboxylic acids is 1. The highest BCUT2D eigenvalue weighted by atomic mass is 32.2. The molecule has 0 amide bonds. The van der Waals surface area contributed by atoms with Gasteiger partial charge in [0, 0.05) is 0 Å². The second kappa shape index (κ2) is 7.52. The quantitative estimate of drug-likeness (QED) is 0.354. The van der Waals surface area contributed by atoms with Crippen LogP contribution in [-0.4, -0.2) is 27.2 Å². The predicted octanol–water partition coefficient (Wildman–Crippen LogP) is 1.29. The van der Waals surface area contributed by atoms with Crippen LogP contribution in [0, 0.1) is 0 Å². The molecule has 0 saturated heterocycles. The van der Waals surface area contributed by atoms with E-state index in [0.717, 1.165) is 19.1 Å². The summed E-state index contributed by atoms with van der Waals surface area (Å²) in [5, 5.41) is 3.36. The van der Waals surface area contributed by atoms with Gasteiger partial charge in [-0.15, -0.1) is 0 Å². The average molecular weight is 284 g/mol. The number of rotatable bonds is 7. The lowest BCUT2D eigenvalue weighted by Crippen LogP contribution is -2.19. The summed E-state index contributed by atoms with van der Waals surface area (Å²) in [7, 11) is -3.74. The number of nitrogens with zero attached hydrogens (tertiary/aromatic N) is 1. The molecule has 0 radical (unpaired) electrons. The predicted molar refractivity (Wildman–Crippen MR) is 71.1 cm³/mol. The largest absolute Gasteiger partial charge is 0.461 e. The molecule has 0 aliphatic heterocycles. The first-order valence-corrected chi connectivity index (χ1v) is 7.31. The fourth-order valence-corrected chi connectivity index (χ4v) is 1.97. The molecule has 1 N–H and O–H groups in total. The van der Waals surface area contributed by atoms with Crippen LogP contribution in [0.5, 0.6) is 0 Å². The van der Waals surface area contributed by atoms with Crippen LogP contribution in [0.15, 0.2) is 40.3 Å². The Hall–Kier alpha value is -1.89. The summed E-state index contributed by atoms with van der Waals surface area (Å²) in [5.74, 6) is -0.677. The van der Waals surface area contributed by atoms with E-state index < -0.39 is 16.0 Å². The maximum atomic E-state index is 11.7. The zero-order valence-corrected chi connectivity index (χ0v) is 11.4. The van der Waals surface area contributed by atoms with Crippen LogP contribution < -0.4 is 4.83 Å². The molecule has 6 nitrogen and oxygen atoms in total. The molecule has 0 unspecified atom stereocenters. The van der Waals surface area contributed by atoms with Gasteiger partial charge in [-0.05, 0) is 18.6 Å². The number of esters is 1. The summed E-state index contributed by atoms with van der Waals surface area (Å²) in [6.45, 7) is 2.27. The van der Waals surface area contributed by atoms with E-state index in [1.54, 1.807) is 18.2 Å². The van der Waals surface area contributed by atoms with Gasteiger partial charge in [0.2, 0.25) is 0 Å². The minimum Gasteiger partial charge on any atom is -0.461 e. The van der Waals surface area contributed by atoms with Crippen molar-refractivity contribution in [3.8, 4) is 0 Å². The highest BCUT2D eigenvalue weighted by Crippen LogP contribution is 2.06. The van der Waals surface area contributed by atoms with E-state index in [4.69, 9.17) is 4.74 Å². The van der Waals surface area contributed by atoms with E-state index in [9.17, 15) is 13.2 Å². The lowest BCUT2D eigenvalue weighted by atomic mass is 10.4. The van der Waals surface area contributed by atoms with Gasteiger partial charge in [-0.25, -0.2) is 4.79 Å². The molecule has 0 spiro atoms. The summed E-state index contributed by atoms with van der Waals surface area (Å²) >= 11 is 0. The molecule has 0 atom stereocenters. The molecule has 104 valence electrons. The van der Waals surface area contributed by atoms with Crippen molar-refractivity contribution in [1.82, 2.24) is 4.83 Å². The third-order valence-electron chi connectivity index (χ3n) is 2.14. The summed E-state index contributed by atoms with van der Waals surface area (Å²) in [6.07, 6.45) is 2.47. The molecule has 0 aromatic heterocycles. The summed E-state index contributed by atoms with van der Waals surface area (Å²) in [6, 6.07) is 7.75. The number of sulfonamides is 1. The molecule has 0 saturated carbocycles. The van der Waals surface area contributed by atoms with Gasteiger partial charge >= 0.3 is 5.97 Å². The van der Waals surface area contributed by atoms with E-state index in [2.05, 4.69) is 5.10 Å². The second-order valence-corrected chi connectivity index (χ2v) is 5.35. The van der Waals surface area contributed by atoms with Gasteiger partial charge in [-0.3, -0.25) is 0 Å². The van der Waals surface area contributed by atoms with Crippen molar-refractivity contribution < 1.29 is 17.9 Å². The molecule has 0 aliphatic rings. The first kappa shape index (κ1) is 15.2. The van der Waals surface area contributed by atoms with Crippen molar-refractivity contribution in [2.24, 2.45) is 5.10 Å². The second-order valence-electron chi connectivity index (χ2n) is 3.69. The SMILES string of the molecule is CCCCOC(=O)/C=N/NS(=O)(=O)c1ccccc1. The van der Waals surface area contributed by atoms with E-state index in [1.165, 1.54) is 12.1 Å². The third kappa shape index (κ3) is 5.52. The van der Waals surface area contributed by atoms with Gasteiger partial charge in [-0.2, -0.15) is 18.4 Å². The Morgan fingerprint density at radius 2 is 2.05 bits per heavy atom. The molecule has 1 aromatic carbocycles. The van der Waals surface area contributed by atoms with Crippen LogP contribution >= 0.6 is 0 Å². The molecular weight excluding hydrogens is 268 g/mol. The Balaban J connectivity index is 2.50. The smallest absolute Gasteiger partial charge is 0.351 e. The van der Waals surface area contributed by atoms with Gasteiger partial charge in [0.15, 0.2) is 0 Å². The highest BCUT2D eigenvalue weighted by molar-refractivity contribution is 7.89. The number of hydrazone groups is 1. The molecule has 7 heteroatoms. The van der Waals surface area contributed by atoms with Crippen LogP contribution in [0.25, 0.3) is 0 Å². The number of ether oxygens (including phenoxy) is 1. The fraction of sp³-hybridized carbons (Fsp3) is 0.333. The van der Waals surface area contributed by atoms with Gasteiger partial charge in [-0.1, -0.05) is 31.5 Å². The lowest BCUT2D eigenvalue weighted by Gasteiger charge is -2.02. The van der Waals surface area contributed by atoms with Crippen molar-refractivity contribution in [1.29, 1.82) is 0 Å². The number of nitrogens with one attached hydrogen (secondary N) is 1. The molecule has 0 bridgehead atoms. The van der Waals surface area contributed by atoms with Crippen molar-refractivity contribution in [3.05, 3.63) is 30.3 Å². The lowest BCUT2D eigenvalue weighted by molar-refractivity contribution is -0.135. The Labute approximate surface area is 112 Å². The summed E-state index contributed by atoms with van der Waals surface area (Å²) < 4.78 is 28.2. The molecule has 0 heterocycles. The number of unbranched alkanes of at least 4 members (excludes halogenated alkanes) is 1. The minimum atomic E-state index is -3.74. The number of carbonyl (C=O) groups is 1. The van der Waals surface area contributed by atoms with Crippen LogP contribution in [-0.2, 0) is 19.6 Å². The van der Waals surface area contributed by atoms with Crippen LogP contribution in [0.4, 0.5) is 0 Å². The van der Waals surface area contributed by atoms with E-state index in [0.29, 0.717) is 6.61 Å². The van der Waals surface area contributed by atoms with E-state index in [1.807, 2.05) is 11.8 Å². The van der Waals surface area contributed by atoms with E-state index >= 15 is 0 Å². The topological polar surface area (TPSA) is 84.8 Å². The Bertz CT molecular complexity index is 526. The first-order valence-electron chi connectivity index (χ1n) is 5.83. The van der Waals surface area contributed by atoms with Crippen LogP contribution in [0.2, 0.25) is 0 Å². The molecule has 1 aromatic rings. The first-order chi connectivity index (χ1) is 9.06. The Morgan fingerprint density at radius 3 is 2.68 bits per heavy atom. The normalized spacial score (nSPS) is 11.4. The Morgan fingerprint density at radius 1 is 1.37 bits per heavy atom. The zero-order chi connectivity index (χ0) is 14.1. The zero-order valence-electron chi connectivity index (χ0n) is 10.6. The van der Waals surface area contributed by atoms with Crippen molar-refractivity contribution >= 4 is 22.2 Å². The highest BCUT2D eigenvalue weighted by Gasteiger charge is 2.11. The molecular formula is C12H16N2O4S. The number of hydrogen-bond acceptors (Lipinski definition) is 5. The maximum absolute atomic E-state index is 11.7. The number of hydrogen-bond donors (Lipinski definition) is 1. The van der Waals surface area contributed by atoms with Crippen LogP contribution in [0.1, 0.15) is 19.8 Å². The van der Waals surface area contributed by atoms with Gasteiger partial charge in [0.05, 0.1) is 11.5 Å². The molecule has 19 heavy (non-hydrogen) atoms. The van der Waals surface area contributed by atoms with Gasteiger partial charge < -0.3 is 4.74 Å². The Kier molecular flexibility index (Phi) is 6.01. The fourth-order valence-electron chi connectivity index (χ4n) is 1.16. The van der Waals surface area contributed by atoms with Crippen molar-refractivity contribution in [2.45, 2.75) is 24.7 Å². The van der Waals surface area contributed by atoms with Crippen molar-refractivity contribution in [3.63, 3.8) is 0 Å². The van der Waals surface area contributed by atoms with Gasteiger partial charge in [0.1, 0.15) is 6.21 Å². The van der Waals surface area contributed by atoms with Gasteiger partial charge in [0.25, 0.3) is 10.0 Å². The van der Waals surface area contributed by atoms with E-state index in [-0.39, 0.29) is 4.90 Å². The molecule has 0 fully saturated rings. The summed E-state index contributed by atoms with van der Waals surface area (Å²) in [4.78, 5) is 13.1. The van der Waals surface area contributed by atoms with Crippen molar-refractivity contribution in [2.75, 3.05) is 6.61 Å². The van der Waals surface area contributed by atoms with Crippen LogP contribution in [0.3, 0.4) is 0 Å². The minimum absolute atomic E-state index is 0.0755.